The van der Waals surface area contributed by atoms with E-state index in [0.717, 1.165) is 12.4 Å². The molecule has 0 atom stereocenters. The van der Waals surface area contributed by atoms with Gasteiger partial charge in [0.25, 0.3) is 0 Å². The molecule has 1 aromatic rings. The highest BCUT2D eigenvalue weighted by atomic mass is 19.4. The molecule has 108 valence electrons. The summed E-state index contributed by atoms with van der Waals surface area (Å²) < 4.78 is 40.3. The summed E-state index contributed by atoms with van der Waals surface area (Å²) in [5.74, 6) is -3.20. The lowest BCUT2D eigenvalue weighted by Gasteiger charge is -2.11. The molecule has 0 unspecified atom stereocenters. The molecule has 0 saturated carbocycles. The molecule has 2 N–H and O–H groups in total. The van der Waals surface area contributed by atoms with Gasteiger partial charge in [-0.3, -0.25) is 10.1 Å². The molecule has 0 saturated heterocycles. The molecule has 9 heteroatoms. The summed E-state index contributed by atoms with van der Waals surface area (Å²) in [6.07, 6.45) is -5.18. The van der Waals surface area contributed by atoms with Crippen LogP contribution in [0.4, 0.5) is 23.7 Å². The zero-order valence-electron chi connectivity index (χ0n) is 10.1. The predicted molar refractivity (Wildman–Crippen MR) is 61.0 cm³/mol. The van der Waals surface area contributed by atoms with Gasteiger partial charge in [-0.05, 0) is 12.1 Å². The first-order valence-corrected chi connectivity index (χ1v) is 5.12. The summed E-state index contributed by atoms with van der Waals surface area (Å²) in [6, 6.07) is 4.06. The molecule has 6 nitrogen and oxygen atoms in total. The molecule has 1 rings (SSSR count). The maximum Gasteiger partial charge on any atom is 0.471 e. The van der Waals surface area contributed by atoms with Crippen molar-refractivity contribution in [3.63, 3.8) is 0 Å². The van der Waals surface area contributed by atoms with E-state index in [1.807, 2.05) is 5.32 Å². The van der Waals surface area contributed by atoms with E-state index in [1.54, 1.807) is 0 Å². The number of ether oxygens (including phenoxy) is 1. The van der Waals surface area contributed by atoms with Crippen LogP contribution in [0.15, 0.2) is 24.3 Å². The molecule has 0 fully saturated rings. The minimum atomic E-state index is -5.18. The van der Waals surface area contributed by atoms with Crippen molar-refractivity contribution in [2.75, 3.05) is 12.4 Å². The summed E-state index contributed by atoms with van der Waals surface area (Å²) in [5.41, 5.74) is -0.156. The van der Waals surface area contributed by atoms with E-state index in [-0.39, 0.29) is 11.3 Å². The Labute approximate surface area is 110 Å². The molecular weight excluding hydrogens is 281 g/mol. The lowest BCUT2D eigenvalue weighted by molar-refractivity contribution is -0.172. The third kappa shape index (κ3) is 3.97. The fourth-order valence-corrected chi connectivity index (χ4v) is 1.21. The van der Waals surface area contributed by atoms with Gasteiger partial charge in [0.15, 0.2) is 0 Å². The fourth-order valence-electron chi connectivity index (χ4n) is 1.21. The van der Waals surface area contributed by atoms with Crippen molar-refractivity contribution in [3.8, 4) is 0 Å². The lowest BCUT2D eigenvalue weighted by Crippen LogP contribution is -2.42. The number of benzene rings is 1. The van der Waals surface area contributed by atoms with E-state index >= 15 is 0 Å². The maximum atomic E-state index is 11.9. The van der Waals surface area contributed by atoms with Crippen LogP contribution in [0.2, 0.25) is 0 Å². The van der Waals surface area contributed by atoms with Crippen LogP contribution >= 0.6 is 0 Å². The first kappa shape index (κ1) is 15.5. The number of para-hydroxylation sites is 1. The minimum absolute atomic E-state index is 0.0652. The van der Waals surface area contributed by atoms with Crippen LogP contribution in [-0.4, -0.2) is 31.2 Å². The van der Waals surface area contributed by atoms with Crippen LogP contribution < -0.4 is 10.6 Å². The van der Waals surface area contributed by atoms with Crippen LogP contribution in [-0.2, 0) is 9.53 Å². The van der Waals surface area contributed by atoms with Gasteiger partial charge in [0, 0.05) is 0 Å². The molecule has 0 aliphatic rings. The zero-order chi connectivity index (χ0) is 15.3. The van der Waals surface area contributed by atoms with E-state index < -0.39 is 24.1 Å². The van der Waals surface area contributed by atoms with Crippen molar-refractivity contribution in [1.82, 2.24) is 5.32 Å². The number of hydrogen-bond acceptors (Lipinski definition) is 4. The largest absolute Gasteiger partial charge is 0.471 e. The number of amides is 3. The van der Waals surface area contributed by atoms with Crippen molar-refractivity contribution in [3.05, 3.63) is 29.8 Å². The monoisotopic (exact) mass is 290 g/mol. The van der Waals surface area contributed by atoms with Crippen LogP contribution in [0.3, 0.4) is 0 Å². The molecule has 20 heavy (non-hydrogen) atoms. The second-order valence-corrected chi connectivity index (χ2v) is 3.44. The summed E-state index contributed by atoms with van der Waals surface area (Å²) in [6.45, 7) is 0. The maximum absolute atomic E-state index is 11.9. The Morgan fingerprint density at radius 3 is 2.30 bits per heavy atom. The number of urea groups is 1. The van der Waals surface area contributed by atoms with E-state index in [0.29, 0.717) is 0 Å². The van der Waals surface area contributed by atoms with Gasteiger partial charge < -0.3 is 10.1 Å². The Morgan fingerprint density at radius 2 is 1.75 bits per heavy atom. The van der Waals surface area contributed by atoms with Gasteiger partial charge >= 0.3 is 24.1 Å². The molecule has 0 radical (unpaired) electrons. The highest BCUT2D eigenvalue weighted by Gasteiger charge is 2.39. The topological polar surface area (TPSA) is 84.5 Å². The Hall–Kier alpha value is -2.58. The third-order valence-electron chi connectivity index (χ3n) is 2.07. The number of methoxy groups -OCH3 is 1. The van der Waals surface area contributed by atoms with Crippen molar-refractivity contribution in [1.29, 1.82) is 0 Å². The van der Waals surface area contributed by atoms with E-state index in [9.17, 15) is 27.6 Å². The highest BCUT2D eigenvalue weighted by Crippen LogP contribution is 2.17. The third-order valence-corrected chi connectivity index (χ3v) is 2.07. The zero-order valence-corrected chi connectivity index (χ0v) is 10.1. The van der Waals surface area contributed by atoms with E-state index in [2.05, 4.69) is 4.74 Å². The molecule has 0 aromatic heterocycles. The number of hydrogen-bond donors (Lipinski definition) is 2. The van der Waals surface area contributed by atoms with Gasteiger partial charge in [-0.2, -0.15) is 13.2 Å². The van der Waals surface area contributed by atoms with Gasteiger partial charge in [0.2, 0.25) is 0 Å². The Morgan fingerprint density at radius 1 is 1.15 bits per heavy atom. The number of rotatable bonds is 2. The Bertz CT molecular complexity index is 543. The highest BCUT2D eigenvalue weighted by molar-refractivity contribution is 6.06. The molecule has 0 aliphatic heterocycles. The molecule has 0 spiro atoms. The smallest absolute Gasteiger partial charge is 0.465 e. The van der Waals surface area contributed by atoms with E-state index in [4.69, 9.17) is 0 Å². The van der Waals surface area contributed by atoms with Gasteiger partial charge in [0.1, 0.15) is 0 Å². The number of alkyl halides is 3. The molecule has 3 amide bonds. The molecule has 0 aliphatic carbocycles. The molecule has 0 bridgehead atoms. The van der Waals surface area contributed by atoms with Crippen molar-refractivity contribution in [2.24, 2.45) is 0 Å². The van der Waals surface area contributed by atoms with Crippen LogP contribution in [0.1, 0.15) is 10.4 Å². The van der Waals surface area contributed by atoms with Crippen LogP contribution in [0.25, 0.3) is 0 Å². The summed E-state index contributed by atoms with van der Waals surface area (Å²) in [5, 5.41) is 3.04. The number of carbonyl (C=O) groups is 3. The van der Waals surface area contributed by atoms with Gasteiger partial charge in [-0.25, -0.2) is 9.59 Å². The van der Waals surface area contributed by atoms with Crippen LogP contribution in [0, 0.1) is 0 Å². The van der Waals surface area contributed by atoms with Crippen molar-refractivity contribution < 1.29 is 32.3 Å². The molecule has 0 heterocycles. The average Bonchev–Trinajstić information content (AvgIpc) is 2.37. The average molecular weight is 290 g/mol. The van der Waals surface area contributed by atoms with Gasteiger partial charge in [-0.1, -0.05) is 12.1 Å². The SMILES string of the molecule is COC(=O)c1ccccc1NC(=O)NC(=O)C(F)(F)F. The number of nitrogens with one attached hydrogen (secondary N) is 2. The quantitative estimate of drug-likeness (QED) is 0.812. The molecular formula is C11H9F3N2O4. The number of esters is 1. The predicted octanol–water partition coefficient (Wildman–Crippen LogP) is 1.68. The first-order chi connectivity index (χ1) is 9.25. The lowest BCUT2D eigenvalue weighted by atomic mass is 10.2. The number of imide groups is 1. The first-order valence-electron chi connectivity index (χ1n) is 5.12. The Kier molecular flexibility index (Phi) is 4.68. The fraction of sp³-hybridized carbons (Fsp3) is 0.182. The minimum Gasteiger partial charge on any atom is -0.465 e. The standard InChI is InChI=1S/C11H9F3N2O4/c1-20-8(17)6-4-2-3-5-7(6)15-10(19)16-9(18)11(12,13)14/h2-5H,1H3,(H2,15,16,18,19). The number of halogens is 3. The molecule has 1 aromatic carbocycles. The van der Waals surface area contributed by atoms with Crippen molar-refractivity contribution in [2.45, 2.75) is 6.18 Å². The normalized spacial score (nSPS) is 10.6. The van der Waals surface area contributed by atoms with Gasteiger partial charge in [-0.15, -0.1) is 0 Å². The second kappa shape index (κ2) is 6.04. The summed E-state index contributed by atoms with van der Waals surface area (Å²) in [4.78, 5) is 33.1. The van der Waals surface area contributed by atoms with Gasteiger partial charge in [0.05, 0.1) is 18.4 Å². The van der Waals surface area contributed by atoms with Crippen molar-refractivity contribution >= 4 is 23.6 Å². The second-order valence-electron chi connectivity index (χ2n) is 3.44. The Balaban J connectivity index is 2.82. The number of anilines is 1. The summed E-state index contributed by atoms with van der Waals surface area (Å²) in [7, 11) is 1.10. The van der Waals surface area contributed by atoms with Crippen LogP contribution in [0.5, 0.6) is 0 Å². The summed E-state index contributed by atoms with van der Waals surface area (Å²) >= 11 is 0. The number of carbonyl (C=O) groups excluding carboxylic acids is 3. The van der Waals surface area contributed by atoms with E-state index in [1.165, 1.54) is 24.3 Å².